The van der Waals surface area contributed by atoms with Crippen molar-refractivity contribution in [1.82, 2.24) is 9.71 Å². The fourth-order valence-electron chi connectivity index (χ4n) is 1.42. The molecule has 0 aliphatic heterocycles. The van der Waals surface area contributed by atoms with Crippen LogP contribution >= 0.6 is 0 Å². The van der Waals surface area contributed by atoms with Crippen LogP contribution in [0.3, 0.4) is 0 Å². The highest BCUT2D eigenvalue weighted by molar-refractivity contribution is 7.89. The van der Waals surface area contributed by atoms with Gasteiger partial charge < -0.3 is 0 Å². The van der Waals surface area contributed by atoms with Crippen molar-refractivity contribution < 1.29 is 8.42 Å². The predicted octanol–water partition coefficient (Wildman–Crippen LogP) is 0.784. The molecular formula is C10H11N3O2S. The Bertz CT molecular complexity index is 512. The Morgan fingerprint density at radius 1 is 1.44 bits per heavy atom. The maximum Gasteiger partial charge on any atom is 0.242 e. The molecule has 1 N–H and O–H groups in total. The maximum atomic E-state index is 11.8. The average Bonchev–Trinajstić information content (AvgIpc) is 2.24. The molecule has 5 nitrogen and oxygen atoms in total. The minimum absolute atomic E-state index is 0.0562. The predicted molar refractivity (Wildman–Crippen MR) is 56.9 cm³/mol. The second-order valence-corrected chi connectivity index (χ2v) is 5.45. The molecule has 16 heavy (non-hydrogen) atoms. The summed E-state index contributed by atoms with van der Waals surface area (Å²) in [5.41, 5.74) is 0.211. The third kappa shape index (κ3) is 2.21. The summed E-state index contributed by atoms with van der Waals surface area (Å²) in [4.78, 5) is 3.84. The summed E-state index contributed by atoms with van der Waals surface area (Å²) in [6.07, 6.45) is 4.06. The second kappa shape index (κ2) is 4.20. The van der Waals surface area contributed by atoms with Crippen LogP contribution in [0.15, 0.2) is 23.2 Å². The number of hydrogen-bond donors (Lipinski definition) is 1. The first-order chi connectivity index (χ1) is 7.62. The van der Waals surface area contributed by atoms with Gasteiger partial charge in [0.05, 0.1) is 0 Å². The van der Waals surface area contributed by atoms with Crippen molar-refractivity contribution in [2.24, 2.45) is 0 Å². The zero-order valence-corrected chi connectivity index (χ0v) is 9.37. The van der Waals surface area contributed by atoms with Gasteiger partial charge in [0.1, 0.15) is 16.7 Å². The standard InChI is InChI=1S/C10H11N3O2S/c11-6-9-4-5-10(7-12-9)16(14,15)13-8-2-1-3-8/h4-5,7-8,13H,1-3H2. The molecule has 0 spiro atoms. The number of nitrogens with zero attached hydrogens (tertiary/aromatic N) is 2. The molecule has 1 saturated carbocycles. The van der Waals surface area contributed by atoms with Crippen LogP contribution in [0.25, 0.3) is 0 Å². The van der Waals surface area contributed by atoms with Crippen molar-refractivity contribution in [3.05, 3.63) is 24.0 Å². The molecule has 0 amide bonds. The van der Waals surface area contributed by atoms with Gasteiger partial charge in [-0.25, -0.2) is 18.1 Å². The Kier molecular flexibility index (Phi) is 2.90. The molecule has 0 aromatic carbocycles. The van der Waals surface area contributed by atoms with Crippen LogP contribution < -0.4 is 4.72 Å². The van der Waals surface area contributed by atoms with Gasteiger partial charge in [0, 0.05) is 12.2 Å². The van der Waals surface area contributed by atoms with E-state index in [1.807, 2.05) is 6.07 Å². The highest BCUT2D eigenvalue weighted by atomic mass is 32.2. The largest absolute Gasteiger partial charge is 0.244 e. The number of rotatable bonds is 3. The molecule has 84 valence electrons. The van der Waals surface area contributed by atoms with E-state index in [2.05, 4.69) is 9.71 Å². The summed E-state index contributed by atoms with van der Waals surface area (Å²) in [5, 5.41) is 8.55. The lowest BCUT2D eigenvalue weighted by Crippen LogP contribution is -2.39. The highest BCUT2D eigenvalue weighted by Crippen LogP contribution is 2.20. The first-order valence-electron chi connectivity index (χ1n) is 5.00. The fraction of sp³-hybridized carbons (Fsp3) is 0.400. The Morgan fingerprint density at radius 3 is 2.62 bits per heavy atom. The summed E-state index contributed by atoms with van der Waals surface area (Å²) >= 11 is 0. The molecule has 0 saturated heterocycles. The van der Waals surface area contributed by atoms with Crippen LogP contribution in [0.5, 0.6) is 0 Å². The van der Waals surface area contributed by atoms with Crippen LogP contribution in [0.1, 0.15) is 25.0 Å². The number of pyridine rings is 1. The van der Waals surface area contributed by atoms with Crippen molar-refractivity contribution in [2.45, 2.75) is 30.2 Å². The molecule has 6 heteroatoms. The van der Waals surface area contributed by atoms with Crippen molar-refractivity contribution >= 4 is 10.0 Å². The zero-order chi connectivity index (χ0) is 11.6. The SMILES string of the molecule is N#Cc1ccc(S(=O)(=O)NC2CCC2)cn1. The van der Waals surface area contributed by atoms with Gasteiger partial charge in [-0.15, -0.1) is 0 Å². The van der Waals surface area contributed by atoms with Crippen LogP contribution in [0.2, 0.25) is 0 Å². The van der Waals surface area contributed by atoms with Crippen LogP contribution in [-0.4, -0.2) is 19.4 Å². The molecule has 2 rings (SSSR count). The second-order valence-electron chi connectivity index (χ2n) is 3.74. The number of sulfonamides is 1. The third-order valence-electron chi connectivity index (χ3n) is 2.59. The smallest absolute Gasteiger partial charge is 0.242 e. The van der Waals surface area contributed by atoms with E-state index in [1.54, 1.807) is 0 Å². The lowest BCUT2D eigenvalue weighted by Gasteiger charge is -2.25. The molecule has 1 aliphatic rings. The molecule has 0 unspecified atom stereocenters. The minimum Gasteiger partial charge on any atom is -0.244 e. The van der Waals surface area contributed by atoms with Crippen molar-refractivity contribution in [3.8, 4) is 6.07 Å². The van der Waals surface area contributed by atoms with Gasteiger partial charge in [-0.1, -0.05) is 6.42 Å². The minimum atomic E-state index is -3.47. The Morgan fingerprint density at radius 2 is 2.19 bits per heavy atom. The average molecular weight is 237 g/mol. The van der Waals surface area contributed by atoms with E-state index < -0.39 is 10.0 Å². The molecule has 1 fully saturated rings. The van der Waals surface area contributed by atoms with E-state index in [4.69, 9.17) is 5.26 Å². The third-order valence-corrected chi connectivity index (χ3v) is 4.09. The first-order valence-corrected chi connectivity index (χ1v) is 6.48. The van der Waals surface area contributed by atoms with E-state index in [9.17, 15) is 8.42 Å². The number of hydrogen-bond acceptors (Lipinski definition) is 4. The maximum absolute atomic E-state index is 11.8. The van der Waals surface area contributed by atoms with Gasteiger partial charge in [0.15, 0.2) is 0 Å². The van der Waals surface area contributed by atoms with Crippen LogP contribution in [0, 0.1) is 11.3 Å². The quantitative estimate of drug-likeness (QED) is 0.842. The van der Waals surface area contributed by atoms with E-state index >= 15 is 0 Å². The molecule has 1 aromatic rings. The molecular weight excluding hydrogens is 226 g/mol. The van der Waals surface area contributed by atoms with Crippen molar-refractivity contribution in [3.63, 3.8) is 0 Å². The summed E-state index contributed by atoms with van der Waals surface area (Å²) in [6.45, 7) is 0. The van der Waals surface area contributed by atoms with E-state index in [1.165, 1.54) is 18.3 Å². The van der Waals surface area contributed by atoms with Crippen LogP contribution in [0.4, 0.5) is 0 Å². The normalized spacial score (nSPS) is 16.4. The molecule has 1 aromatic heterocycles. The van der Waals surface area contributed by atoms with E-state index in [0.29, 0.717) is 0 Å². The number of nitriles is 1. The Hall–Kier alpha value is -1.45. The van der Waals surface area contributed by atoms with Gasteiger partial charge in [0.25, 0.3) is 0 Å². The van der Waals surface area contributed by atoms with E-state index in [-0.39, 0.29) is 16.6 Å². The summed E-state index contributed by atoms with van der Waals surface area (Å²) < 4.78 is 26.2. The molecule has 0 atom stereocenters. The molecule has 1 aliphatic carbocycles. The topological polar surface area (TPSA) is 82.8 Å². The van der Waals surface area contributed by atoms with E-state index in [0.717, 1.165) is 19.3 Å². The number of nitrogens with one attached hydrogen (secondary N) is 1. The Labute approximate surface area is 94.2 Å². The van der Waals surface area contributed by atoms with Crippen LogP contribution in [-0.2, 0) is 10.0 Å². The van der Waals surface area contributed by atoms with Gasteiger partial charge in [-0.3, -0.25) is 0 Å². The lowest BCUT2D eigenvalue weighted by molar-refractivity contribution is 0.383. The fourth-order valence-corrected chi connectivity index (χ4v) is 2.67. The van der Waals surface area contributed by atoms with Gasteiger partial charge in [0.2, 0.25) is 10.0 Å². The molecule has 0 bridgehead atoms. The summed E-state index contributed by atoms with van der Waals surface area (Å²) in [7, 11) is -3.47. The highest BCUT2D eigenvalue weighted by Gasteiger charge is 2.24. The van der Waals surface area contributed by atoms with Gasteiger partial charge in [-0.2, -0.15) is 5.26 Å². The van der Waals surface area contributed by atoms with Gasteiger partial charge in [-0.05, 0) is 25.0 Å². The van der Waals surface area contributed by atoms with Crippen molar-refractivity contribution in [2.75, 3.05) is 0 Å². The monoisotopic (exact) mass is 237 g/mol. The lowest BCUT2D eigenvalue weighted by atomic mass is 9.94. The number of aromatic nitrogens is 1. The van der Waals surface area contributed by atoms with Crippen molar-refractivity contribution in [1.29, 1.82) is 5.26 Å². The summed E-state index contributed by atoms with van der Waals surface area (Å²) in [5.74, 6) is 0. The molecule has 1 heterocycles. The zero-order valence-electron chi connectivity index (χ0n) is 8.55. The molecule has 0 radical (unpaired) electrons. The summed E-state index contributed by atoms with van der Waals surface area (Å²) in [6, 6.07) is 4.69. The first kappa shape index (κ1) is 11.0. The Balaban J connectivity index is 2.18. The van der Waals surface area contributed by atoms with Gasteiger partial charge >= 0.3 is 0 Å².